The Morgan fingerprint density at radius 3 is 2.10 bits per heavy atom. The quantitative estimate of drug-likeness (QED) is 0.560. The van der Waals surface area contributed by atoms with Crippen molar-refractivity contribution in [3.63, 3.8) is 0 Å². The Morgan fingerprint density at radius 2 is 1.48 bits per heavy atom. The maximum Gasteiger partial charge on any atom is 0.244 e. The molecule has 0 aliphatic heterocycles. The molecule has 162 valence electrons. The molecule has 1 unspecified atom stereocenters. The van der Waals surface area contributed by atoms with Crippen molar-refractivity contribution in [2.24, 2.45) is 0 Å². The van der Waals surface area contributed by atoms with Gasteiger partial charge in [-0.1, -0.05) is 54.6 Å². The van der Waals surface area contributed by atoms with Gasteiger partial charge in [0.05, 0.1) is 19.2 Å². The number of hydrogen-bond acceptors (Lipinski definition) is 4. The van der Waals surface area contributed by atoms with Crippen LogP contribution in [0.1, 0.15) is 24.1 Å². The Bertz CT molecular complexity index is 1140. The van der Waals surface area contributed by atoms with Gasteiger partial charge in [-0.15, -0.1) is 0 Å². The summed E-state index contributed by atoms with van der Waals surface area (Å²) >= 11 is 0. The molecule has 2 N–H and O–H groups in total. The van der Waals surface area contributed by atoms with Gasteiger partial charge in [-0.25, -0.2) is 12.8 Å². The van der Waals surface area contributed by atoms with Crippen LogP contribution in [0.3, 0.4) is 0 Å². The van der Waals surface area contributed by atoms with Crippen molar-refractivity contribution >= 4 is 15.9 Å². The van der Waals surface area contributed by atoms with Crippen molar-refractivity contribution in [2.45, 2.75) is 23.9 Å². The highest BCUT2D eigenvalue weighted by molar-refractivity contribution is 7.89. The van der Waals surface area contributed by atoms with Gasteiger partial charge in [-0.05, 0) is 42.3 Å². The van der Waals surface area contributed by atoms with Gasteiger partial charge in [0.15, 0.2) is 0 Å². The number of carbonyl (C=O) groups is 1. The fraction of sp³-hybridized carbons (Fsp3) is 0.174. The zero-order valence-electron chi connectivity index (χ0n) is 17.1. The van der Waals surface area contributed by atoms with Crippen LogP contribution in [0.5, 0.6) is 5.75 Å². The summed E-state index contributed by atoms with van der Waals surface area (Å²) in [7, 11) is -2.65. The number of hydrogen-bond donors (Lipinski definition) is 2. The molecule has 0 aliphatic carbocycles. The Morgan fingerprint density at radius 1 is 0.903 bits per heavy atom. The molecule has 0 saturated carbocycles. The van der Waals surface area contributed by atoms with Gasteiger partial charge in [0.1, 0.15) is 16.5 Å². The van der Waals surface area contributed by atoms with Crippen molar-refractivity contribution in [3.05, 3.63) is 95.8 Å². The topological polar surface area (TPSA) is 84.5 Å². The molecular weight excluding hydrogens is 419 g/mol. The van der Waals surface area contributed by atoms with Crippen LogP contribution in [0.15, 0.2) is 83.8 Å². The number of methoxy groups -OCH3 is 1. The molecule has 8 heteroatoms. The maximum atomic E-state index is 13.9. The SMILES string of the molecule is COc1ccc(C(NC(=O)[C@H](C)NS(=O)(=O)c2ccccc2F)c2ccccc2)cc1. The number of carbonyl (C=O) groups excluding carboxylic acids is 1. The van der Waals surface area contributed by atoms with E-state index in [0.29, 0.717) is 5.75 Å². The van der Waals surface area contributed by atoms with Crippen LogP contribution in [0.2, 0.25) is 0 Å². The second-order valence-electron chi connectivity index (χ2n) is 6.90. The Kier molecular flexibility index (Phi) is 7.04. The number of benzene rings is 3. The lowest BCUT2D eigenvalue weighted by atomic mass is 9.98. The van der Waals surface area contributed by atoms with E-state index < -0.39 is 38.7 Å². The number of halogens is 1. The van der Waals surface area contributed by atoms with Crippen LogP contribution < -0.4 is 14.8 Å². The average molecular weight is 443 g/mol. The van der Waals surface area contributed by atoms with E-state index in [-0.39, 0.29) is 0 Å². The number of amides is 1. The molecule has 0 bridgehead atoms. The van der Waals surface area contributed by atoms with Crippen LogP contribution in [0, 0.1) is 5.82 Å². The first-order valence-electron chi connectivity index (χ1n) is 9.58. The van der Waals surface area contributed by atoms with E-state index in [0.717, 1.165) is 23.3 Å². The first-order valence-corrected chi connectivity index (χ1v) is 11.1. The van der Waals surface area contributed by atoms with Gasteiger partial charge in [0, 0.05) is 0 Å². The summed E-state index contributed by atoms with van der Waals surface area (Å²) in [6.45, 7) is 1.41. The van der Waals surface area contributed by atoms with Crippen LogP contribution in [0.4, 0.5) is 4.39 Å². The van der Waals surface area contributed by atoms with Crippen molar-refractivity contribution in [1.29, 1.82) is 0 Å². The average Bonchev–Trinajstić information content (AvgIpc) is 2.78. The minimum atomic E-state index is -4.21. The first kappa shape index (κ1) is 22.5. The normalized spacial score (nSPS) is 13.3. The lowest BCUT2D eigenvalue weighted by Crippen LogP contribution is -2.46. The molecule has 0 aliphatic rings. The third-order valence-corrected chi connectivity index (χ3v) is 6.29. The lowest BCUT2D eigenvalue weighted by molar-refractivity contribution is -0.122. The Balaban J connectivity index is 1.82. The van der Waals surface area contributed by atoms with Gasteiger partial charge < -0.3 is 10.1 Å². The molecule has 0 spiro atoms. The summed E-state index contributed by atoms with van der Waals surface area (Å²) in [5, 5.41) is 2.88. The van der Waals surface area contributed by atoms with Gasteiger partial charge in [0.25, 0.3) is 0 Å². The third kappa shape index (κ3) is 5.48. The number of ether oxygens (including phenoxy) is 1. The molecule has 3 aromatic rings. The second-order valence-corrected chi connectivity index (χ2v) is 8.58. The fourth-order valence-electron chi connectivity index (χ4n) is 3.08. The van der Waals surface area contributed by atoms with Crippen LogP contribution in [0.25, 0.3) is 0 Å². The number of sulfonamides is 1. The highest BCUT2D eigenvalue weighted by Crippen LogP contribution is 2.24. The van der Waals surface area contributed by atoms with Crippen molar-refractivity contribution in [1.82, 2.24) is 10.0 Å². The number of rotatable bonds is 8. The smallest absolute Gasteiger partial charge is 0.244 e. The van der Waals surface area contributed by atoms with Crippen molar-refractivity contribution in [2.75, 3.05) is 7.11 Å². The van der Waals surface area contributed by atoms with E-state index >= 15 is 0 Å². The zero-order valence-corrected chi connectivity index (χ0v) is 17.9. The minimum absolute atomic E-state index is 0.510. The Hall–Kier alpha value is -3.23. The molecule has 0 aromatic heterocycles. The highest BCUT2D eigenvalue weighted by atomic mass is 32.2. The molecule has 1 amide bonds. The predicted octanol–water partition coefficient (Wildman–Crippen LogP) is 3.41. The molecule has 3 rings (SSSR count). The summed E-state index contributed by atoms with van der Waals surface area (Å²) in [6.07, 6.45) is 0. The second kappa shape index (κ2) is 9.72. The molecular formula is C23H23FN2O4S. The van der Waals surface area contributed by atoms with E-state index in [1.54, 1.807) is 19.2 Å². The zero-order chi connectivity index (χ0) is 22.4. The molecule has 2 atom stereocenters. The van der Waals surface area contributed by atoms with Gasteiger partial charge in [-0.3, -0.25) is 4.79 Å². The van der Waals surface area contributed by atoms with Gasteiger partial charge in [0.2, 0.25) is 15.9 Å². The molecule has 6 nitrogen and oxygen atoms in total. The largest absolute Gasteiger partial charge is 0.497 e. The summed E-state index contributed by atoms with van der Waals surface area (Å²) < 4.78 is 46.4. The predicted molar refractivity (Wildman–Crippen MR) is 116 cm³/mol. The monoisotopic (exact) mass is 442 g/mol. The third-order valence-electron chi connectivity index (χ3n) is 4.72. The van der Waals surface area contributed by atoms with Crippen molar-refractivity contribution < 1.29 is 22.3 Å². The van der Waals surface area contributed by atoms with E-state index in [1.165, 1.54) is 19.1 Å². The summed E-state index contributed by atoms with van der Waals surface area (Å²) in [6, 6.07) is 19.9. The molecule has 0 fully saturated rings. The van der Waals surface area contributed by atoms with Gasteiger partial charge >= 0.3 is 0 Å². The first-order chi connectivity index (χ1) is 14.8. The summed E-state index contributed by atoms with van der Waals surface area (Å²) in [4.78, 5) is 12.4. The standard InChI is InChI=1S/C23H23FN2O4S/c1-16(26-31(28,29)21-11-7-6-10-20(21)24)23(27)25-22(17-8-4-3-5-9-17)18-12-14-19(30-2)15-13-18/h3-16,22,26H,1-2H3,(H,25,27)/t16-,22?/m0/s1. The fourth-order valence-corrected chi connectivity index (χ4v) is 4.36. The van der Waals surface area contributed by atoms with E-state index in [2.05, 4.69) is 10.0 Å². The van der Waals surface area contributed by atoms with Crippen molar-refractivity contribution in [3.8, 4) is 5.75 Å². The van der Waals surface area contributed by atoms with E-state index in [1.807, 2.05) is 42.5 Å². The molecule has 3 aromatic carbocycles. The van der Waals surface area contributed by atoms with Crippen LogP contribution in [-0.2, 0) is 14.8 Å². The van der Waals surface area contributed by atoms with E-state index in [4.69, 9.17) is 4.74 Å². The molecule has 31 heavy (non-hydrogen) atoms. The molecule has 0 radical (unpaired) electrons. The maximum absolute atomic E-state index is 13.9. The minimum Gasteiger partial charge on any atom is -0.497 e. The number of nitrogens with one attached hydrogen (secondary N) is 2. The van der Waals surface area contributed by atoms with Gasteiger partial charge in [-0.2, -0.15) is 4.72 Å². The molecule has 0 heterocycles. The summed E-state index contributed by atoms with van der Waals surface area (Å²) in [5.41, 5.74) is 1.62. The summed E-state index contributed by atoms with van der Waals surface area (Å²) in [5.74, 6) is -0.763. The molecule has 0 saturated heterocycles. The Labute approximate surface area is 181 Å². The lowest BCUT2D eigenvalue weighted by Gasteiger charge is -2.23. The van der Waals surface area contributed by atoms with Crippen LogP contribution >= 0.6 is 0 Å². The van der Waals surface area contributed by atoms with E-state index in [9.17, 15) is 17.6 Å². The highest BCUT2D eigenvalue weighted by Gasteiger charge is 2.26. The van der Waals surface area contributed by atoms with Crippen LogP contribution in [-0.4, -0.2) is 27.5 Å².